The molecule has 3 N–H and O–H groups in total. The lowest BCUT2D eigenvalue weighted by molar-refractivity contribution is -0.129. The van der Waals surface area contributed by atoms with Crippen LogP contribution in [0.1, 0.15) is 13.8 Å². The standard InChI is InChI=1S/C17H17F4N7O/c1-16(2,12(29)6-22-7-17(19,20)21)28-15-11(18)5-25-14(27-15)10-4-24-13-9(10)3-23-8-26-13/h3-5,8,22H,6-7H2,1-2H3,(H,23,24,26)(H,25,27,28). The third-order valence-corrected chi connectivity index (χ3v) is 4.08. The molecule has 3 heterocycles. The SMILES string of the molecule is CC(C)(Nc1nc(-c2c[nH]c3ncncc23)ncc1F)C(=O)CNCC(F)(F)F. The van der Waals surface area contributed by atoms with Gasteiger partial charge in [-0.25, -0.2) is 24.3 Å². The molecule has 0 atom stereocenters. The number of nitrogens with zero attached hydrogens (tertiary/aromatic N) is 4. The van der Waals surface area contributed by atoms with Crippen LogP contribution in [0.25, 0.3) is 22.4 Å². The molecule has 0 aliphatic carbocycles. The van der Waals surface area contributed by atoms with Crippen molar-refractivity contribution in [1.82, 2.24) is 30.2 Å². The molecule has 0 aliphatic rings. The number of Topliss-reactive ketones (excluding diaryl/α,β-unsaturated/α-hetero) is 1. The van der Waals surface area contributed by atoms with Crippen molar-refractivity contribution in [2.24, 2.45) is 0 Å². The highest BCUT2D eigenvalue weighted by Crippen LogP contribution is 2.26. The van der Waals surface area contributed by atoms with Crippen LogP contribution in [0.3, 0.4) is 0 Å². The summed E-state index contributed by atoms with van der Waals surface area (Å²) < 4.78 is 50.9. The Morgan fingerprint density at radius 1 is 1.21 bits per heavy atom. The van der Waals surface area contributed by atoms with Gasteiger partial charge in [0.15, 0.2) is 23.2 Å². The molecular weight excluding hydrogens is 394 g/mol. The van der Waals surface area contributed by atoms with Gasteiger partial charge in [-0.05, 0) is 13.8 Å². The molecule has 0 aliphatic heterocycles. The smallest absolute Gasteiger partial charge is 0.356 e. The zero-order chi connectivity index (χ0) is 21.2. The van der Waals surface area contributed by atoms with E-state index in [1.807, 2.05) is 5.32 Å². The van der Waals surface area contributed by atoms with Gasteiger partial charge >= 0.3 is 6.18 Å². The van der Waals surface area contributed by atoms with Crippen LogP contribution in [0.5, 0.6) is 0 Å². The van der Waals surface area contributed by atoms with Gasteiger partial charge in [-0.3, -0.25) is 4.79 Å². The van der Waals surface area contributed by atoms with Gasteiger partial charge in [-0.1, -0.05) is 0 Å². The van der Waals surface area contributed by atoms with Crippen LogP contribution in [0.15, 0.2) is 24.9 Å². The lowest BCUT2D eigenvalue weighted by Gasteiger charge is -2.26. The minimum Gasteiger partial charge on any atom is -0.356 e. The largest absolute Gasteiger partial charge is 0.401 e. The summed E-state index contributed by atoms with van der Waals surface area (Å²) in [4.78, 5) is 31.3. The second-order valence-corrected chi connectivity index (χ2v) is 6.77. The molecule has 29 heavy (non-hydrogen) atoms. The van der Waals surface area contributed by atoms with Crippen molar-refractivity contribution in [3.05, 3.63) is 30.7 Å². The summed E-state index contributed by atoms with van der Waals surface area (Å²) in [7, 11) is 0. The van der Waals surface area contributed by atoms with Crippen LogP contribution in [-0.2, 0) is 4.79 Å². The van der Waals surface area contributed by atoms with Crippen LogP contribution in [0.4, 0.5) is 23.4 Å². The monoisotopic (exact) mass is 411 g/mol. The van der Waals surface area contributed by atoms with Crippen molar-refractivity contribution >= 4 is 22.6 Å². The maximum atomic E-state index is 14.2. The Morgan fingerprint density at radius 2 is 1.97 bits per heavy atom. The van der Waals surface area contributed by atoms with Crippen molar-refractivity contribution in [3.63, 3.8) is 0 Å². The number of alkyl halides is 3. The number of anilines is 1. The number of fused-ring (bicyclic) bond motifs is 1. The van der Waals surface area contributed by atoms with E-state index in [0.717, 1.165) is 6.20 Å². The molecule has 3 aromatic rings. The summed E-state index contributed by atoms with van der Waals surface area (Å²) in [6, 6.07) is 0. The van der Waals surface area contributed by atoms with E-state index in [0.29, 0.717) is 16.6 Å². The average Bonchev–Trinajstić information content (AvgIpc) is 3.06. The van der Waals surface area contributed by atoms with E-state index in [9.17, 15) is 22.4 Å². The molecule has 0 amide bonds. The van der Waals surface area contributed by atoms with Crippen LogP contribution in [0.2, 0.25) is 0 Å². The summed E-state index contributed by atoms with van der Waals surface area (Å²) in [6.45, 7) is 0.999. The maximum absolute atomic E-state index is 14.2. The van der Waals surface area contributed by atoms with E-state index in [-0.39, 0.29) is 11.6 Å². The Balaban J connectivity index is 1.80. The van der Waals surface area contributed by atoms with Gasteiger partial charge in [0.2, 0.25) is 0 Å². The lowest BCUT2D eigenvalue weighted by atomic mass is 9.99. The number of rotatable bonds is 7. The maximum Gasteiger partial charge on any atom is 0.401 e. The van der Waals surface area contributed by atoms with E-state index < -0.39 is 36.4 Å². The van der Waals surface area contributed by atoms with Gasteiger partial charge in [-0.15, -0.1) is 0 Å². The van der Waals surface area contributed by atoms with Gasteiger partial charge in [0, 0.05) is 23.3 Å². The number of aromatic nitrogens is 5. The first-order valence-electron chi connectivity index (χ1n) is 8.46. The van der Waals surface area contributed by atoms with Crippen LogP contribution >= 0.6 is 0 Å². The topological polar surface area (TPSA) is 108 Å². The highest BCUT2D eigenvalue weighted by molar-refractivity contribution is 5.92. The number of aromatic amines is 1. The summed E-state index contributed by atoms with van der Waals surface area (Å²) >= 11 is 0. The fraction of sp³-hybridized carbons (Fsp3) is 0.353. The number of hydrogen-bond donors (Lipinski definition) is 3. The molecule has 0 saturated heterocycles. The van der Waals surface area contributed by atoms with E-state index >= 15 is 0 Å². The Morgan fingerprint density at radius 3 is 2.69 bits per heavy atom. The second-order valence-electron chi connectivity index (χ2n) is 6.77. The minimum absolute atomic E-state index is 0.161. The minimum atomic E-state index is -4.44. The number of ketones is 1. The van der Waals surface area contributed by atoms with Gasteiger partial charge in [0.05, 0.1) is 24.8 Å². The third-order valence-electron chi connectivity index (χ3n) is 4.08. The Labute approximate surface area is 162 Å². The molecule has 0 unspecified atom stereocenters. The molecule has 0 aromatic carbocycles. The molecule has 12 heteroatoms. The van der Waals surface area contributed by atoms with E-state index in [1.165, 1.54) is 20.2 Å². The lowest BCUT2D eigenvalue weighted by Crippen LogP contribution is -2.46. The molecular formula is C17H17F4N7O. The Kier molecular flexibility index (Phi) is 5.46. The van der Waals surface area contributed by atoms with Crippen molar-refractivity contribution in [2.75, 3.05) is 18.4 Å². The van der Waals surface area contributed by atoms with Gasteiger partial charge in [-0.2, -0.15) is 13.2 Å². The first-order chi connectivity index (χ1) is 13.6. The fourth-order valence-corrected chi connectivity index (χ4v) is 2.53. The number of hydrogen-bond acceptors (Lipinski definition) is 7. The number of carbonyl (C=O) groups excluding carboxylic acids is 1. The normalized spacial score (nSPS) is 12.3. The Bertz CT molecular complexity index is 1030. The van der Waals surface area contributed by atoms with Gasteiger partial charge < -0.3 is 15.6 Å². The molecule has 3 rings (SSSR count). The molecule has 8 nitrogen and oxygen atoms in total. The zero-order valence-electron chi connectivity index (χ0n) is 15.4. The Hall–Kier alpha value is -3.15. The number of halogens is 4. The highest BCUT2D eigenvalue weighted by atomic mass is 19.4. The number of H-pyrrole nitrogens is 1. The number of carbonyl (C=O) groups is 1. The third kappa shape index (κ3) is 4.83. The molecule has 0 bridgehead atoms. The first-order valence-corrected chi connectivity index (χ1v) is 8.46. The molecule has 0 saturated carbocycles. The van der Waals surface area contributed by atoms with Crippen LogP contribution in [-0.4, -0.2) is 55.5 Å². The molecule has 154 valence electrons. The zero-order valence-corrected chi connectivity index (χ0v) is 15.4. The second kappa shape index (κ2) is 7.70. The highest BCUT2D eigenvalue weighted by Gasteiger charge is 2.31. The fourth-order valence-electron chi connectivity index (χ4n) is 2.53. The van der Waals surface area contributed by atoms with Gasteiger partial charge in [0.1, 0.15) is 12.0 Å². The predicted molar refractivity (Wildman–Crippen MR) is 96.5 cm³/mol. The van der Waals surface area contributed by atoms with E-state index in [1.54, 1.807) is 12.4 Å². The summed E-state index contributed by atoms with van der Waals surface area (Å²) in [5.74, 6) is -1.50. The van der Waals surface area contributed by atoms with Crippen LogP contribution < -0.4 is 10.6 Å². The van der Waals surface area contributed by atoms with Crippen molar-refractivity contribution < 1.29 is 22.4 Å². The predicted octanol–water partition coefficient (Wildman–Crippen LogP) is 2.47. The summed E-state index contributed by atoms with van der Waals surface area (Å²) in [5, 5.41) is 5.29. The van der Waals surface area contributed by atoms with Gasteiger partial charge in [0.25, 0.3) is 0 Å². The van der Waals surface area contributed by atoms with Crippen molar-refractivity contribution in [3.8, 4) is 11.4 Å². The quantitative estimate of drug-likeness (QED) is 0.513. The number of nitrogens with one attached hydrogen (secondary N) is 3. The summed E-state index contributed by atoms with van der Waals surface area (Å²) in [5.41, 5.74) is -0.308. The molecule has 3 aromatic heterocycles. The molecule has 0 fully saturated rings. The summed E-state index contributed by atoms with van der Waals surface area (Å²) in [6.07, 6.45) is 1.01. The van der Waals surface area contributed by atoms with Crippen LogP contribution in [0, 0.1) is 5.82 Å². The van der Waals surface area contributed by atoms with E-state index in [4.69, 9.17) is 0 Å². The molecule has 0 radical (unpaired) electrons. The van der Waals surface area contributed by atoms with Crippen molar-refractivity contribution in [2.45, 2.75) is 25.6 Å². The van der Waals surface area contributed by atoms with E-state index in [2.05, 4.69) is 30.2 Å². The first kappa shape index (κ1) is 20.6. The van der Waals surface area contributed by atoms with Crippen molar-refractivity contribution in [1.29, 1.82) is 0 Å². The molecule has 0 spiro atoms. The average molecular weight is 411 g/mol.